The van der Waals surface area contributed by atoms with Gasteiger partial charge < -0.3 is 10.3 Å². The molecule has 0 fully saturated rings. The fraction of sp³-hybridized carbons (Fsp3) is 0.200. The summed E-state index contributed by atoms with van der Waals surface area (Å²) in [4.78, 5) is 8.48. The van der Waals surface area contributed by atoms with Crippen molar-refractivity contribution in [2.45, 2.75) is 13.0 Å². The van der Waals surface area contributed by atoms with E-state index in [1.165, 1.54) is 5.56 Å². The maximum atomic E-state index is 6.18. The first kappa shape index (κ1) is 13.1. The number of halogens is 1. The second kappa shape index (κ2) is 5.61. The molecule has 0 aliphatic carbocycles. The van der Waals surface area contributed by atoms with Gasteiger partial charge in [0.05, 0.1) is 11.6 Å². The molecule has 3 aromatic heterocycles. The van der Waals surface area contributed by atoms with E-state index in [0.717, 1.165) is 23.0 Å². The molecule has 0 unspecified atom stereocenters. The molecule has 0 saturated heterocycles. The van der Waals surface area contributed by atoms with Crippen LogP contribution in [0, 0.1) is 0 Å². The Hall–Kier alpha value is -1.91. The Morgan fingerprint density at radius 2 is 2.10 bits per heavy atom. The largest absolute Gasteiger partial charge is 0.330 e. The van der Waals surface area contributed by atoms with Crippen molar-refractivity contribution in [3.8, 4) is 0 Å². The van der Waals surface area contributed by atoms with Gasteiger partial charge in [-0.25, -0.2) is 4.98 Å². The van der Waals surface area contributed by atoms with Crippen molar-refractivity contribution in [2.24, 2.45) is 5.73 Å². The van der Waals surface area contributed by atoms with Gasteiger partial charge in [-0.1, -0.05) is 11.6 Å². The van der Waals surface area contributed by atoms with E-state index >= 15 is 0 Å². The predicted molar refractivity (Wildman–Crippen MR) is 80.8 cm³/mol. The topological polar surface area (TPSA) is 56.7 Å². The highest BCUT2D eigenvalue weighted by Crippen LogP contribution is 2.22. The SMILES string of the molecule is NCCc1cn(Cc2ccncc2Cl)c2ncccc12. The Balaban J connectivity index is 2.05. The van der Waals surface area contributed by atoms with Gasteiger partial charge in [0.15, 0.2) is 0 Å². The zero-order chi connectivity index (χ0) is 13.9. The molecule has 3 aromatic rings. The lowest BCUT2D eigenvalue weighted by atomic mass is 10.2. The van der Waals surface area contributed by atoms with E-state index in [0.29, 0.717) is 18.1 Å². The highest BCUT2D eigenvalue weighted by atomic mass is 35.5. The molecule has 20 heavy (non-hydrogen) atoms. The minimum absolute atomic E-state index is 0.629. The standard InChI is InChI=1S/C15H15ClN4/c16-14-8-18-7-4-12(14)10-20-9-11(3-5-17)13-2-1-6-19-15(13)20/h1-2,4,6-9H,3,5,10,17H2. The summed E-state index contributed by atoms with van der Waals surface area (Å²) in [6.45, 7) is 1.31. The van der Waals surface area contributed by atoms with Gasteiger partial charge in [-0.05, 0) is 42.3 Å². The van der Waals surface area contributed by atoms with Crippen molar-refractivity contribution in [2.75, 3.05) is 6.54 Å². The average molecular weight is 287 g/mol. The smallest absolute Gasteiger partial charge is 0.140 e. The quantitative estimate of drug-likeness (QED) is 0.802. The molecule has 102 valence electrons. The van der Waals surface area contributed by atoms with Crippen LogP contribution in [0.15, 0.2) is 43.0 Å². The zero-order valence-electron chi connectivity index (χ0n) is 11.0. The molecular weight excluding hydrogens is 272 g/mol. The van der Waals surface area contributed by atoms with Gasteiger partial charge in [0, 0.05) is 30.2 Å². The van der Waals surface area contributed by atoms with Crippen molar-refractivity contribution in [3.05, 3.63) is 59.1 Å². The average Bonchev–Trinajstić information content (AvgIpc) is 2.81. The summed E-state index contributed by atoms with van der Waals surface area (Å²) in [6, 6.07) is 5.96. The molecule has 4 nitrogen and oxygen atoms in total. The van der Waals surface area contributed by atoms with Crippen molar-refractivity contribution >= 4 is 22.6 Å². The lowest BCUT2D eigenvalue weighted by molar-refractivity contribution is 0.815. The van der Waals surface area contributed by atoms with Crippen LogP contribution in [-0.2, 0) is 13.0 Å². The van der Waals surface area contributed by atoms with E-state index in [1.807, 2.05) is 12.1 Å². The zero-order valence-corrected chi connectivity index (χ0v) is 11.7. The first-order chi connectivity index (χ1) is 9.79. The number of hydrogen-bond donors (Lipinski definition) is 1. The van der Waals surface area contributed by atoms with Gasteiger partial charge in [0.25, 0.3) is 0 Å². The molecule has 0 saturated carbocycles. The summed E-state index contributed by atoms with van der Waals surface area (Å²) in [5.41, 5.74) is 8.89. The minimum Gasteiger partial charge on any atom is -0.330 e. The van der Waals surface area contributed by atoms with Crippen molar-refractivity contribution in [1.82, 2.24) is 14.5 Å². The van der Waals surface area contributed by atoms with Gasteiger partial charge in [-0.15, -0.1) is 0 Å². The van der Waals surface area contributed by atoms with Crippen LogP contribution in [0.3, 0.4) is 0 Å². The molecule has 3 heterocycles. The molecule has 0 radical (unpaired) electrons. The van der Waals surface area contributed by atoms with Crippen LogP contribution in [0.2, 0.25) is 5.02 Å². The van der Waals surface area contributed by atoms with E-state index < -0.39 is 0 Å². The van der Waals surface area contributed by atoms with E-state index in [2.05, 4.69) is 26.8 Å². The molecule has 0 aliphatic heterocycles. The van der Waals surface area contributed by atoms with E-state index in [-0.39, 0.29) is 0 Å². The summed E-state index contributed by atoms with van der Waals surface area (Å²) in [5, 5.41) is 1.83. The number of hydrogen-bond acceptors (Lipinski definition) is 3. The summed E-state index contributed by atoms with van der Waals surface area (Å²) in [6.07, 6.45) is 8.18. The number of nitrogens with zero attached hydrogens (tertiary/aromatic N) is 3. The van der Waals surface area contributed by atoms with Crippen LogP contribution in [0.1, 0.15) is 11.1 Å². The molecule has 2 N–H and O–H groups in total. The molecule has 0 bridgehead atoms. The highest BCUT2D eigenvalue weighted by Gasteiger charge is 2.10. The van der Waals surface area contributed by atoms with Gasteiger partial charge in [0.2, 0.25) is 0 Å². The molecule has 0 atom stereocenters. The Morgan fingerprint density at radius 1 is 1.20 bits per heavy atom. The third kappa shape index (κ3) is 2.40. The molecule has 0 spiro atoms. The second-order valence-electron chi connectivity index (χ2n) is 4.66. The Kier molecular flexibility index (Phi) is 3.67. The molecule has 0 amide bonds. The van der Waals surface area contributed by atoms with E-state index in [4.69, 9.17) is 17.3 Å². The maximum Gasteiger partial charge on any atom is 0.140 e. The first-order valence-electron chi connectivity index (χ1n) is 6.51. The second-order valence-corrected chi connectivity index (χ2v) is 5.07. The van der Waals surface area contributed by atoms with Crippen LogP contribution in [-0.4, -0.2) is 21.1 Å². The lowest BCUT2D eigenvalue weighted by Crippen LogP contribution is -2.02. The van der Waals surface area contributed by atoms with E-state index in [9.17, 15) is 0 Å². The first-order valence-corrected chi connectivity index (χ1v) is 6.88. The molecule has 3 rings (SSSR count). The number of fused-ring (bicyclic) bond motifs is 1. The fourth-order valence-corrected chi connectivity index (χ4v) is 2.57. The lowest BCUT2D eigenvalue weighted by Gasteiger charge is -2.06. The summed E-state index contributed by atoms with van der Waals surface area (Å²) in [7, 11) is 0. The monoisotopic (exact) mass is 286 g/mol. The number of nitrogens with two attached hydrogens (primary N) is 1. The van der Waals surface area contributed by atoms with Crippen LogP contribution in [0.5, 0.6) is 0 Å². The normalized spacial score (nSPS) is 11.1. The fourth-order valence-electron chi connectivity index (χ4n) is 2.39. The number of aromatic nitrogens is 3. The minimum atomic E-state index is 0.629. The van der Waals surface area contributed by atoms with Crippen molar-refractivity contribution in [1.29, 1.82) is 0 Å². The van der Waals surface area contributed by atoms with Crippen molar-refractivity contribution < 1.29 is 0 Å². The Morgan fingerprint density at radius 3 is 2.90 bits per heavy atom. The summed E-state index contributed by atoms with van der Waals surface area (Å²) in [5.74, 6) is 0. The van der Waals surface area contributed by atoms with Gasteiger partial charge in [-0.3, -0.25) is 4.98 Å². The molecular formula is C15H15ClN4. The molecule has 5 heteroatoms. The summed E-state index contributed by atoms with van der Waals surface area (Å²) >= 11 is 6.18. The van der Waals surface area contributed by atoms with E-state index in [1.54, 1.807) is 18.6 Å². The van der Waals surface area contributed by atoms with Crippen molar-refractivity contribution in [3.63, 3.8) is 0 Å². The third-order valence-electron chi connectivity index (χ3n) is 3.33. The van der Waals surface area contributed by atoms with Crippen LogP contribution in [0.4, 0.5) is 0 Å². The highest BCUT2D eigenvalue weighted by molar-refractivity contribution is 6.31. The van der Waals surface area contributed by atoms with Crippen LogP contribution in [0.25, 0.3) is 11.0 Å². The van der Waals surface area contributed by atoms with Gasteiger partial charge in [0.1, 0.15) is 5.65 Å². The van der Waals surface area contributed by atoms with Crippen LogP contribution < -0.4 is 5.73 Å². The maximum absolute atomic E-state index is 6.18. The molecule has 0 aromatic carbocycles. The number of rotatable bonds is 4. The van der Waals surface area contributed by atoms with Gasteiger partial charge >= 0.3 is 0 Å². The Labute approximate surface area is 122 Å². The number of pyridine rings is 2. The molecule has 0 aliphatic rings. The predicted octanol–water partition coefficient (Wildman–Crippen LogP) is 2.63. The van der Waals surface area contributed by atoms with Crippen LogP contribution >= 0.6 is 11.6 Å². The summed E-state index contributed by atoms with van der Waals surface area (Å²) < 4.78 is 2.11. The van der Waals surface area contributed by atoms with Gasteiger partial charge in [-0.2, -0.15) is 0 Å². The third-order valence-corrected chi connectivity index (χ3v) is 3.67. The Bertz CT molecular complexity index is 736.